The lowest BCUT2D eigenvalue weighted by atomic mass is 9.63. The first-order chi connectivity index (χ1) is 11.8. The van der Waals surface area contributed by atoms with Crippen molar-refractivity contribution in [2.75, 3.05) is 0 Å². The monoisotopic (exact) mass is 346 g/mol. The van der Waals surface area contributed by atoms with Crippen LogP contribution < -0.4 is 0 Å². The smallest absolute Gasteiger partial charge is 0.0406 e. The molecule has 2 saturated carbocycles. The summed E-state index contributed by atoms with van der Waals surface area (Å²) in [7, 11) is 0. The third-order valence-electron chi connectivity index (χ3n) is 6.78. The number of halogens is 1. The minimum atomic E-state index is 0.786. The number of fused-ring (bicyclic) bond motifs is 1. The van der Waals surface area contributed by atoms with E-state index >= 15 is 0 Å². The van der Waals surface area contributed by atoms with Gasteiger partial charge in [-0.05, 0) is 73.5 Å². The number of hydrogen-bond donors (Lipinski definition) is 0. The van der Waals surface area contributed by atoms with Gasteiger partial charge in [-0.25, -0.2) is 0 Å². The largest absolute Gasteiger partial charge is 0.0843 e. The Morgan fingerprint density at radius 3 is 2.33 bits per heavy atom. The first-order valence-electron chi connectivity index (χ1n) is 10.5. The molecule has 3 rings (SSSR count). The fraction of sp³-hybridized carbons (Fsp3) is 0.739. The second-order valence-electron chi connectivity index (χ2n) is 8.46. The van der Waals surface area contributed by atoms with Gasteiger partial charge in [0.2, 0.25) is 0 Å². The Kier molecular flexibility index (Phi) is 7.07. The normalized spacial score (nSPS) is 30.1. The maximum absolute atomic E-state index is 6.05. The highest BCUT2D eigenvalue weighted by atomic mass is 35.5. The second-order valence-corrected chi connectivity index (χ2v) is 8.90. The number of hydrogen-bond acceptors (Lipinski definition) is 0. The SMILES string of the molecule is CCCCCCCC1CCC2CC(c3ccc(Cl)cc3)CCC2C1. The average molecular weight is 347 g/mol. The van der Waals surface area contributed by atoms with Gasteiger partial charge in [-0.3, -0.25) is 0 Å². The minimum absolute atomic E-state index is 0.786. The molecule has 2 aliphatic rings. The van der Waals surface area contributed by atoms with Crippen LogP contribution in [0.25, 0.3) is 0 Å². The van der Waals surface area contributed by atoms with Gasteiger partial charge in [0.15, 0.2) is 0 Å². The molecule has 4 atom stereocenters. The third kappa shape index (κ3) is 5.01. The predicted octanol–water partition coefficient (Wildman–Crippen LogP) is 8.00. The lowest BCUT2D eigenvalue weighted by Gasteiger charge is -2.42. The molecule has 0 spiro atoms. The molecule has 0 bridgehead atoms. The Labute approximate surface area is 154 Å². The molecule has 0 amide bonds. The summed E-state index contributed by atoms with van der Waals surface area (Å²) >= 11 is 6.05. The highest BCUT2D eigenvalue weighted by Crippen LogP contribution is 2.48. The molecule has 0 radical (unpaired) electrons. The topological polar surface area (TPSA) is 0 Å². The van der Waals surface area contributed by atoms with Crippen LogP contribution in [-0.4, -0.2) is 0 Å². The van der Waals surface area contributed by atoms with Crippen molar-refractivity contribution in [2.24, 2.45) is 17.8 Å². The minimum Gasteiger partial charge on any atom is -0.0843 e. The van der Waals surface area contributed by atoms with Crippen molar-refractivity contribution in [3.05, 3.63) is 34.9 Å². The Morgan fingerprint density at radius 1 is 0.833 bits per heavy atom. The van der Waals surface area contributed by atoms with Crippen molar-refractivity contribution in [1.82, 2.24) is 0 Å². The van der Waals surface area contributed by atoms with E-state index in [1.807, 2.05) is 0 Å². The number of rotatable bonds is 7. The van der Waals surface area contributed by atoms with E-state index in [0.29, 0.717) is 0 Å². The van der Waals surface area contributed by atoms with Crippen LogP contribution in [-0.2, 0) is 0 Å². The first-order valence-corrected chi connectivity index (χ1v) is 10.9. The summed E-state index contributed by atoms with van der Waals surface area (Å²) in [5, 5.41) is 0.867. The Bertz CT molecular complexity index is 477. The van der Waals surface area contributed by atoms with Gasteiger partial charge in [0.1, 0.15) is 0 Å². The molecule has 2 fully saturated rings. The van der Waals surface area contributed by atoms with Gasteiger partial charge in [-0.15, -0.1) is 0 Å². The fourth-order valence-electron chi connectivity index (χ4n) is 5.32. The molecule has 134 valence electrons. The van der Waals surface area contributed by atoms with Gasteiger partial charge in [-0.2, -0.15) is 0 Å². The molecule has 1 aromatic rings. The molecule has 1 aromatic carbocycles. The van der Waals surface area contributed by atoms with E-state index in [-0.39, 0.29) is 0 Å². The Balaban J connectivity index is 1.43. The van der Waals surface area contributed by atoms with E-state index in [2.05, 4.69) is 31.2 Å². The van der Waals surface area contributed by atoms with Crippen LogP contribution in [0.5, 0.6) is 0 Å². The van der Waals surface area contributed by atoms with Gasteiger partial charge in [0.25, 0.3) is 0 Å². The summed E-state index contributed by atoms with van der Waals surface area (Å²) in [6.07, 6.45) is 17.5. The van der Waals surface area contributed by atoms with Crippen molar-refractivity contribution in [3.8, 4) is 0 Å². The zero-order chi connectivity index (χ0) is 16.8. The molecule has 0 N–H and O–H groups in total. The molecule has 0 aliphatic heterocycles. The Hall–Kier alpha value is -0.490. The molecule has 1 heteroatoms. The lowest BCUT2D eigenvalue weighted by molar-refractivity contribution is 0.113. The molecular weight excluding hydrogens is 312 g/mol. The molecule has 0 heterocycles. The van der Waals surface area contributed by atoms with Crippen LogP contribution >= 0.6 is 11.6 Å². The van der Waals surface area contributed by atoms with E-state index in [9.17, 15) is 0 Å². The van der Waals surface area contributed by atoms with Crippen molar-refractivity contribution >= 4 is 11.6 Å². The third-order valence-corrected chi connectivity index (χ3v) is 7.03. The van der Waals surface area contributed by atoms with Gasteiger partial charge in [0, 0.05) is 5.02 Å². The summed E-state index contributed by atoms with van der Waals surface area (Å²) in [5.41, 5.74) is 1.52. The van der Waals surface area contributed by atoms with Gasteiger partial charge < -0.3 is 0 Å². The molecular formula is C23H35Cl. The van der Waals surface area contributed by atoms with E-state index in [4.69, 9.17) is 11.6 Å². The molecule has 0 saturated heterocycles. The number of unbranched alkanes of at least 4 members (excludes halogenated alkanes) is 4. The maximum atomic E-state index is 6.05. The van der Waals surface area contributed by atoms with Gasteiger partial charge in [0.05, 0.1) is 0 Å². The van der Waals surface area contributed by atoms with Crippen molar-refractivity contribution < 1.29 is 0 Å². The second kappa shape index (κ2) is 9.27. The summed E-state index contributed by atoms with van der Waals surface area (Å²) in [6.45, 7) is 2.31. The first kappa shape index (κ1) is 18.3. The highest BCUT2D eigenvalue weighted by molar-refractivity contribution is 6.30. The van der Waals surface area contributed by atoms with Crippen LogP contribution in [0, 0.1) is 17.8 Å². The van der Waals surface area contributed by atoms with Crippen LogP contribution in [0.4, 0.5) is 0 Å². The van der Waals surface area contributed by atoms with E-state index < -0.39 is 0 Å². The summed E-state index contributed by atoms with van der Waals surface area (Å²) in [5.74, 6) is 3.85. The molecule has 2 aliphatic carbocycles. The molecule has 4 unspecified atom stereocenters. The fourth-order valence-corrected chi connectivity index (χ4v) is 5.45. The van der Waals surface area contributed by atoms with E-state index in [0.717, 1.165) is 28.7 Å². The van der Waals surface area contributed by atoms with Crippen LogP contribution in [0.2, 0.25) is 5.02 Å². The van der Waals surface area contributed by atoms with Crippen LogP contribution in [0.15, 0.2) is 24.3 Å². The maximum Gasteiger partial charge on any atom is 0.0406 e. The Morgan fingerprint density at radius 2 is 1.54 bits per heavy atom. The molecule has 0 aromatic heterocycles. The zero-order valence-corrected chi connectivity index (χ0v) is 16.2. The number of benzene rings is 1. The van der Waals surface area contributed by atoms with Crippen molar-refractivity contribution in [1.29, 1.82) is 0 Å². The van der Waals surface area contributed by atoms with E-state index in [1.165, 1.54) is 82.6 Å². The molecule has 24 heavy (non-hydrogen) atoms. The summed E-state index contributed by atoms with van der Waals surface area (Å²) in [4.78, 5) is 0. The van der Waals surface area contributed by atoms with Crippen LogP contribution in [0.3, 0.4) is 0 Å². The quantitative estimate of drug-likeness (QED) is 0.438. The van der Waals surface area contributed by atoms with E-state index in [1.54, 1.807) is 0 Å². The molecule has 0 nitrogen and oxygen atoms in total. The summed E-state index contributed by atoms with van der Waals surface area (Å²) < 4.78 is 0. The van der Waals surface area contributed by atoms with Gasteiger partial charge in [-0.1, -0.05) is 75.6 Å². The average Bonchev–Trinajstić information content (AvgIpc) is 2.62. The van der Waals surface area contributed by atoms with Crippen molar-refractivity contribution in [3.63, 3.8) is 0 Å². The van der Waals surface area contributed by atoms with Crippen molar-refractivity contribution in [2.45, 2.75) is 89.9 Å². The zero-order valence-electron chi connectivity index (χ0n) is 15.5. The van der Waals surface area contributed by atoms with Gasteiger partial charge >= 0.3 is 0 Å². The summed E-state index contributed by atoms with van der Waals surface area (Å²) in [6, 6.07) is 8.65. The lowest BCUT2D eigenvalue weighted by Crippen LogP contribution is -2.30. The van der Waals surface area contributed by atoms with Crippen LogP contribution in [0.1, 0.15) is 95.5 Å². The standard InChI is InChI=1S/C23H35Cl/c1-2-3-4-5-6-7-18-8-9-22-17-21(11-10-20(22)16-18)19-12-14-23(24)15-13-19/h12-15,18,20-22H,2-11,16-17H2,1H3. The highest BCUT2D eigenvalue weighted by Gasteiger charge is 2.35. The predicted molar refractivity (Wildman–Crippen MR) is 106 cm³/mol.